The van der Waals surface area contributed by atoms with E-state index in [4.69, 9.17) is 4.74 Å². The van der Waals surface area contributed by atoms with Crippen LogP contribution in [0.1, 0.15) is 6.92 Å². The molecule has 0 aromatic heterocycles. The van der Waals surface area contributed by atoms with Gasteiger partial charge in [0.1, 0.15) is 0 Å². The fourth-order valence-electron chi connectivity index (χ4n) is 2.10. The van der Waals surface area contributed by atoms with Crippen molar-refractivity contribution >= 4 is 5.91 Å². The van der Waals surface area contributed by atoms with Gasteiger partial charge in [-0.1, -0.05) is 6.08 Å². The number of carbonyl (C=O) groups is 1. The molecule has 18 heavy (non-hydrogen) atoms. The van der Waals surface area contributed by atoms with Crippen molar-refractivity contribution in [2.75, 3.05) is 46.9 Å². The summed E-state index contributed by atoms with van der Waals surface area (Å²) in [5.74, 6) is 0.0559. The average molecular weight is 255 g/mol. The second-order valence-corrected chi connectivity index (χ2v) is 4.96. The van der Waals surface area contributed by atoms with E-state index < -0.39 is 0 Å². The zero-order valence-corrected chi connectivity index (χ0v) is 11.7. The molecular formula is C13H25N3O2. The lowest BCUT2D eigenvalue weighted by Gasteiger charge is -2.37. The highest BCUT2D eigenvalue weighted by atomic mass is 16.5. The number of rotatable bonds is 6. The van der Waals surface area contributed by atoms with Crippen LogP contribution in [0.3, 0.4) is 0 Å². The summed E-state index contributed by atoms with van der Waals surface area (Å²) >= 11 is 0. The van der Waals surface area contributed by atoms with Gasteiger partial charge in [0.05, 0.1) is 18.8 Å². The first-order valence-electron chi connectivity index (χ1n) is 6.43. The van der Waals surface area contributed by atoms with Crippen molar-refractivity contribution in [1.82, 2.24) is 15.1 Å². The Hall–Kier alpha value is -0.910. The van der Waals surface area contributed by atoms with Gasteiger partial charge in [0.25, 0.3) is 0 Å². The van der Waals surface area contributed by atoms with E-state index in [-0.39, 0.29) is 18.1 Å². The molecule has 0 aromatic rings. The van der Waals surface area contributed by atoms with Gasteiger partial charge in [-0.05, 0) is 21.0 Å². The number of carbonyl (C=O) groups excluding carboxylic acids is 1. The molecule has 2 atom stereocenters. The monoisotopic (exact) mass is 255 g/mol. The van der Waals surface area contributed by atoms with Crippen molar-refractivity contribution in [3.05, 3.63) is 12.7 Å². The maximum absolute atomic E-state index is 11.9. The van der Waals surface area contributed by atoms with E-state index in [0.717, 1.165) is 19.6 Å². The molecule has 5 nitrogen and oxygen atoms in total. The smallest absolute Gasteiger partial charge is 0.237 e. The lowest BCUT2D eigenvalue weighted by molar-refractivity contribution is -0.129. The summed E-state index contributed by atoms with van der Waals surface area (Å²) in [6.45, 7) is 9.26. The van der Waals surface area contributed by atoms with E-state index in [1.54, 1.807) is 6.08 Å². The molecule has 0 radical (unpaired) electrons. The molecular weight excluding hydrogens is 230 g/mol. The van der Waals surface area contributed by atoms with Gasteiger partial charge in [-0.3, -0.25) is 9.69 Å². The molecule has 1 amide bonds. The highest BCUT2D eigenvalue weighted by Crippen LogP contribution is 2.09. The Morgan fingerprint density at radius 2 is 2.39 bits per heavy atom. The third kappa shape index (κ3) is 4.76. The second kappa shape index (κ2) is 7.51. The molecule has 0 aromatic carbocycles. The lowest BCUT2D eigenvalue weighted by Crippen LogP contribution is -2.53. The molecule has 0 unspecified atom stereocenters. The summed E-state index contributed by atoms with van der Waals surface area (Å²) in [5.41, 5.74) is 0. The van der Waals surface area contributed by atoms with Crippen molar-refractivity contribution in [3.63, 3.8) is 0 Å². The van der Waals surface area contributed by atoms with Gasteiger partial charge in [0.2, 0.25) is 5.91 Å². The SMILES string of the molecule is C=CCNC(=O)[C@@H](C)N1CCO[C@H](CN(C)C)C1. The van der Waals surface area contributed by atoms with Gasteiger partial charge in [-0.2, -0.15) is 0 Å². The van der Waals surface area contributed by atoms with Gasteiger partial charge >= 0.3 is 0 Å². The maximum atomic E-state index is 11.9. The largest absolute Gasteiger partial charge is 0.374 e. The molecule has 1 aliphatic rings. The molecule has 104 valence electrons. The van der Waals surface area contributed by atoms with E-state index in [9.17, 15) is 4.79 Å². The van der Waals surface area contributed by atoms with E-state index in [2.05, 4.69) is 21.7 Å². The van der Waals surface area contributed by atoms with Crippen LogP contribution in [0.5, 0.6) is 0 Å². The molecule has 1 rings (SSSR count). The maximum Gasteiger partial charge on any atom is 0.237 e. The van der Waals surface area contributed by atoms with Crippen LogP contribution in [0.25, 0.3) is 0 Å². The van der Waals surface area contributed by atoms with Crippen molar-refractivity contribution in [2.45, 2.75) is 19.1 Å². The molecule has 0 aliphatic carbocycles. The van der Waals surface area contributed by atoms with Gasteiger partial charge < -0.3 is 15.0 Å². The first-order valence-corrected chi connectivity index (χ1v) is 6.43. The van der Waals surface area contributed by atoms with Gasteiger partial charge in [-0.25, -0.2) is 0 Å². The highest BCUT2D eigenvalue weighted by molar-refractivity contribution is 5.81. The van der Waals surface area contributed by atoms with Crippen LogP contribution in [0, 0.1) is 0 Å². The Bertz CT molecular complexity index is 281. The molecule has 1 fully saturated rings. The highest BCUT2D eigenvalue weighted by Gasteiger charge is 2.27. The third-order valence-corrected chi connectivity index (χ3v) is 3.09. The number of ether oxygens (including phenoxy) is 1. The molecule has 0 spiro atoms. The summed E-state index contributed by atoms with van der Waals surface area (Å²) in [7, 11) is 4.06. The number of amides is 1. The van der Waals surface area contributed by atoms with E-state index in [1.165, 1.54) is 0 Å². The second-order valence-electron chi connectivity index (χ2n) is 4.96. The number of nitrogens with zero attached hydrogens (tertiary/aromatic N) is 2. The molecule has 1 saturated heterocycles. The molecule has 1 heterocycles. The topological polar surface area (TPSA) is 44.8 Å². The first kappa shape index (κ1) is 15.1. The first-order chi connectivity index (χ1) is 8.54. The minimum atomic E-state index is -0.112. The number of hydrogen-bond donors (Lipinski definition) is 1. The number of morpholine rings is 1. The molecule has 0 bridgehead atoms. The van der Waals surface area contributed by atoms with E-state index >= 15 is 0 Å². The van der Waals surface area contributed by atoms with Crippen molar-refractivity contribution in [2.24, 2.45) is 0 Å². The average Bonchev–Trinajstić information content (AvgIpc) is 2.34. The fraction of sp³-hybridized carbons (Fsp3) is 0.769. The summed E-state index contributed by atoms with van der Waals surface area (Å²) in [6.07, 6.45) is 1.88. The molecule has 0 saturated carbocycles. The molecule has 1 aliphatic heterocycles. The normalized spacial score (nSPS) is 22.8. The Morgan fingerprint density at radius 3 is 3.00 bits per heavy atom. The van der Waals surface area contributed by atoms with Crippen LogP contribution < -0.4 is 5.32 Å². The van der Waals surface area contributed by atoms with Crippen molar-refractivity contribution in [1.29, 1.82) is 0 Å². The quantitative estimate of drug-likeness (QED) is 0.675. The van der Waals surface area contributed by atoms with Crippen LogP contribution in [-0.4, -0.2) is 74.7 Å². The third-order valence-electron chi connectivity index (χ3n) is 3.09. The summed E-state index contributed by atoms with van der Waals surface area (Å²) < 4.78 is 5.70. The predicted molar refractivity (Wildman–Crippen MR) is 72.5 cm³/mol. The van der Waals surface area contributed by atoms with Crippen molar-refractivity contribution < 1.29 is 9.53 Å². The van der Waals surface area contributed by atoms with E-state index in [1.807, 2.05) is 21.0 Å². The van der Waals surface area contributed by atoms with Crippen LogP contribution in [-0.2, 0) is 9.53 Å². The molecule has 5 heteroatoms. The van der Waals surface area contributed by atoms with Crippen LogP contribution in [0.2, 0.25) is 0 Å². The van der Waals surface area contributed by atoms with Crippen LogP contribution >= 0.6 is 0 Å². The van der Waals surface area contributed by atoms with Crippen molar-refractivity contribution in [3.8, 4) is 0 Å². The minimum Gasteiger partial charge on any atom is -0.374 e. The Labute approximate surface area is 110 Å². The fourth-order valence-corrected chi connectivity index (χ4v) is 2.10. The zero-order chi connectivity index (χ0) is 13.5. The standard InChI is InChI=1S/C13H25N3O2/c1-5-6-14-13(17)11(2)16-7-8-18-12(10-16)9-15(3)4/h5,11-12H,1,6-10H2,2-4H3,(H,14,17)/t11-,12-/m1/s1. The van der Waals surface area contributed by atoms with Gasteiger partial charge in [-0.15, -0.1) is 6.58 Å². The Kier molecular flexibility index (Phi) is 6.32. The predicted octanol–water partition coefficient (Wildman–Crippen LogP) is -0.0605. The lowest BCUT2D eigenvalue weighted by atomic mass is 10.2. The van der Waals surface area contributed by atoms with E-state index in [0.29, 0.717) is 13.2 Å². The van der Waals surface area contributed by atoms with Gasteiger partial charge in [0.15, 0.2) is 0 Å². The van der Waals surface area contributed by atoms with Crippen LogP contribution in [0.4, 0.5) is 0 Å². The summed E-state index contributed by atoms with van der Waals surface area (Å²) in [6, 6.07) is -0.112. The number of hydrogen-bond acceptors (Lipinski definition) is 4. The number of nitrogens with one attached hydrogen (secondary N) is 1. The molecule has 1 N–H and O–H groups in total. The van der Waals surface area contributed by atoms with Gasteiger partial charge in [0, 0.05) is 26.2 Å². The number of likely N-dealkylation sites (N-methyl/N-ethyl adjacent to an activating group) is 1. The van der Waals surface area contributed by atoms with Crippen LogP contribution in [0.15, 0.2) is 12.7 Å². The summed E-state index contributed by atoms with van der Waals surface area (Å²) in [5, 5.41) is 2.84. The zero-order valence-electron chi connectivity index (χ0n) is 11.7. The Balaban J connectivity index is 2.44. The Morgan fingerprint density at radius 1 is 1.67 bits per heavy atom. The summed E-state index contributed by atoms with van der Waals surface area (Å²) in [4.78, 5) is 16.2. The minimum absolute atomic E-state index is 0.0559.